The number of carbonyl (C=O) groups excluding carboxylic acids is 2. The number of aromatic nitrogens is 1. The van der Waals surface area contributed by atoms with Crippen LogP contribution in [0.3, 0.4) is 0 Å². The first-order valence-corrected chi connectivity index (χ1v) is 17.8. The van der Waals surface area contributed by atoms with Gasteiger partial charge in [0.15, 0.2) is 0 Å². The Bertz CT molecular complexity index is 1570. The highest BCUT2D eigenvalue weighted by molar-refractivity contribution is 7.89. The average Bonchev–Trinajstić information content (AvgIpc) is 3.57. The highest BCUT2D eigenvalue weighted by Crippen LogP contribution is 2.23. The number of sulfonamides is 1. The van der Waals surface area contributed by atoms with E-state index in [2.05, 4.69) is 10.3 Å². The molecule has 1 aliphatic rings. The number of urea groups is 1. The molecule has 1 aromatic heterocycles. The lowest BCUT2D eigenvalue weighted by Crippen LogP contribution is -2.57. The van der Waals surface area contributed by atoms with Crippen LogP contribution < -0.4 is 5.32 Å². The first-order valence-electron chi connectivity index (χ1n) is 15.5. The molecule has 1 fully saturated rings. The fourth-order valence-corrected chi connectivity index (χ4v) is 7.90. The van der Waals surface area contributed by atoms with E-state index in [9.17, 15) is 27.5 Å². The lowest BCUT2D eigenvalue weighted by Gasteiger charge is -2.34. The van der Waals surface area contributed by atoms with Gasteiger partial charge in [0, 0.05) is 31.6 Å². The summed E-state index contributed by atoms with van der Waals surface area (Å²) in [6.45, 7) is 10.3. The van der Waals surface area contributed by atoms with Gasteiger partial charge in [-0.2, -0.15) is 4.31 Å². The second-order valence-corrected chi connectivity index (χ2v) is 15.5. The number of rotatable bonds is 15. The van der Waals surface area contributed by atoms with Crippen molar-refractivity contribution >= 4 is 33.3 Å². The lowest BCUT2D eigenvalue weighted by molar-refractivity contribution is -0.128. The maximum Gasteiger partial charge on any atom is 0.321 e. The first-order chi connectivity index (χ1) is 21.8. The average molecular weight is 674 g/mol. The molecule has 1 saturated heterocycles. The molecule has 0 spiro atoms. The van der Waals surface area contributed by atoms with Crippen molar-refractivity contribution in [2.24, 2.45) is 11.8 Å². The minimum Gasteiger partial charge on any atom is -0.390 e. The SMILES string of the molecule is Cc1nc(CN2CCN([C@H](C(=O)N[C@@H](Cc3ccccc3)[C@H](O)CN(CC(C)C)S(=O)(=O)c3ccc(F)cc3)C(C)C)C2=O)cs1. The van der Waals surface area contributed by atoms with Gasteiger partial charge >= 0.3 is 6.03 Å². The molecule has 46 heavy (non-hydrogen) atoms. The zero-order valence-electron chi connectivity index (χ0n) is 27.0. The van der Waals surface area contributed by atoms with E-state index in [0.717, 1.165) is 28.4 Å². The molecule has 3 atom stereocenters. The Kier molecular flexibility index (Phi) is 11.9. The molecule has 2 aromatic carbocycles. The molecule has 3 aromatic rings. The summed E-state index contributed by atoms with van der Waals surface area (Å²) in [6, 6.07) is 11.9. The molecule has 1 aliphatic heterocycles. The lowest BCUT2D eigenvalue weighted by atomic mass is 9.97. The summed E-state index contributed by atoms with van der Waals surface area (Å²) in [4.78, 5) is 35.1. The molecule has 0 aliphatic carbocycles. The molecular weight excluding hydrogens is 630 g/mol. The molecule has 0 radical (unpaired) electrons. The van der Waals surface area contributed by atoms with Gasteiger partial charge in [-0.15, -0.1) is 11.3 Å². The molecule has 0 unspecified atom stereocenters. The van der Waals surface area contributed by atoms with Crippen molar-refractivity contribution in [3.8, 4) is 0 Å². The third-order valence-corrected chi connectivity index (χ3v) is 10.6. The van der Waals surface area contributed by atoms with Crippen LogP contribution in [-0.2, 0) is 27.8 Å². The number of amides is 3. The van der Waals surface area contributed by atoms with Crippen molar-refractivity contribution in [1.29, 1.82) is 0 Å². The van der Waals surface area contributed by atoms with Crippen LogP contribution >= 0.6 is 11.3 Å². The van der Waals surface area contributed by atoms with Crippen LogP contribution in [0.25, 0.3) is 0 Å². The van der Waals surface area contributed by atoms with Crippen LogP contribution in [-0.4, -0.2) is 88.9 Å². The van der Waals surface area contributed by atoms with Crippen molar-refractivity contribution in [2.75, 3.05) is 26.2 Å². The van der Waals surface area contributed by atoms with E-state index < -0.39 is 39.9 Å². The summed E-state index contributed by atoms with van der Waals surface area (Å²) in [5.41, 5.74) is 1.64. The summed E-state index contributed by atoms with van der Waals surface area (Å²) in [7, 11) is -4.09. The maximum absolute atomic E-state index is 14.0. The van der Waals surface area contributed by atoms with E-state index >= 15 is 0 Å². The monoisotopic (exact) mass is 673 g/mol. The van der Waals surface area contributed by atoms with Gasteiger partial charge in [0.1, 0.15) is 11.9 Å². The standard InChI is InChI=1S/C33H44FN5O5S2/c1-22(2)18-38(46(43,44)28-13-11-26(34)12-14-28)20-30(40)29(17-25-9-7-6-8-10-25)36-32(41)31(23(3)4)39-16-15-37(33(39)42)19-27-21-45-24(5)35-27/h6-14,21-23,29-31,40H,15-20H2,1-5H3,(H,36,41)/t29-,30+,31-/m0/s1. The number of nitrogens with zero attached hydrogens (tertiary/aromatic N) is 4. The van der Waals surface area contributed by atoms with E-state index in [0.29, 0.717) is 19.6 Å². The Morgan fingerprint density at radius 1 is 1.07 bits per heavy atom. The Hall–Kier alpha value is -3.39. The van der Waals surface area contributed by atoms with Crippen LogP contribution in [0.15, 0.2) is 64.9 Å². The third-order valence-electron chi connectivity index (χ3n) is 7.88. The number of aliphatic hydroxyl groups excluding tert-OH is 1. The molecule has 4 rings (SSSR count). The largest absolute Gasteiger partial charge is 0.390 e. The van der Waals surface area contributed by atoms with Crippen molar-refractivity contribution < 1.29 is 27.5 Å². The van der Waals surface area contributed by atoms with E-state index in [1.54, 1.807) is 9.80 Å². The van der Waals surface area contributed by atoms with Gasteiger partial charge in [-0.05, 0) is 55.0 Å². The van der Waals surface area contributed by atoms with Gasteiger partial charge in [-0.3, -0.25) is 4.79 Å². The van der Waals surface area contributed by atoms with Crippen LogP contribution in [0.5, 0.6) is 0 Å². The molecule has 10 nitrogen and oxygen atoms in total. The minimum absolute atomic E-state index is 0.0766. The predicted octanol–water partition coefficient (Wildman–Crippen LogP) is 4.29. The summed E-state index contributed by atoms with van der Waals surface area (Å²) >= 11 is 1.52. The highest BCUT2D eigenvalue weighted by Gasteiger charge is 2.40. The topological polar surface area (TPSA) is 123 Å². The van der Waals surface area contributed by atoms with Crippen LogP contribution in [0.4, 0.5) is 9.18 Å². The summed E-state index contributed by atoms with van der Waals surface area (Å²) in [6.07, 6.45) is -1.07. The van der Waals surface area contributed by atoms with Crippen LogP contribution in [0, 0.1) is 24.6 Å². The van der Waals surface area contributed by atoms with Gasteiger partial charge in [0.05, 0.1) is 34.3 Å². The second kappa shape index (κ2) is 15.5. The first kappa shape index (κ1) is 35.5. The quantitative estimate of drug-likeness (QED) is 0.248. The fraction of sp³-hybridized carbons (Fsp3) is 0.485. The van der Waals surface area contributed by atoms with E-state index in [1.807, 2.05) is 70.3 Å². The van der Waals surface area contributed by atoms with E-state index in [-0.39, 0.29) is 42.3 Å². The number of hydrogen-bond donors (Lipinski definition) is 2. The minimum atomic E-state index is -4.09. The fourth-order valence-electron chi connectivity index (χ4n) is 5.68. The normalized spacial score (nSPS) is 16.0. The molecule has 250 valence electrons. The zero-order chi connectivity index (χ0) is 33.6. The third kappa shape index (κ3) is 8.90. The maximum atomic E-state index is 14.0. The summed E-state index contributed by atoms with van der Waals surface area (Å²) in [5, 5.41) is 17.5. The number of carbonyl (C=O) groups is 2. The molecule has 0 bridgehead atoms. The second-order valence-electron chi connectivity index (χ2n) is 12.5. The Labute approximate surface area is 275 Å². The van der Waals surface area contributed by atoms with Gasteiger partial charge in [0.2, 0.25) is 15.9 Å². The smallest absolute Gasteiger partial charge is 0.321 e. The number of thiazole rings is 1. The van der Waals surface area contributed by atoms with Crippen molar-refractivity contribution in [2.45, 2.75) is 70.7 Å². The number of benzene rings is 2. The van der Waals surface area contributed by atoms with E-state index in [1.165, 1.54) is 27.8 Å². The number of halogens is 1. The Morgan fingerprint density at radius 2 is 1.74 bits per heavy atom. The van der Waals surface area contributed by atoms with E-state index in [4.69, 9.17) is 0 Å². The predicted molar refractivity (Wildman–Crippen MR) is 176 cm³/mol. The van der Waals surface area contributed by atoms with Crippen LogP contribution in [0.1, 0.15) is 44.0 Å². The molecule has 2 N–H and O–H groups in total. The highest BCUT2D eigenvalue weighted by atomic mass is 32.2. The van der Waals surface area contributed by atoms with Gasteiger partial charge in [-0.1, -0.05) is 58.0 Å². The van der Waals surface area contributed by atoms with Crippen molar-refractivity contribution in [3.05, 3.63) is 82.1 Å². The molecule has 0 saturated carbocycles. The molecule has 2 heterocycles. The van der Waals surface area contributed by atoms with Gasteiger partial charge < -0.3 is 20.2 Å². The van der Waals surface area contributed by atoms with Crippen LogP contribution in [0.2, 0.25) is 0 Å². The zero-order valence-corrected chi connectivity index (χ0v) is 28.6. The van der Waals surface area contributed by atoms with Crippen molar-refractivity contribution in [1.82, 2.24) is 24.4 Å². The molecular formula is C33H44FN5O5S2. The number of aryl methyl sites for hydroxylation is 1. The Balaban J connectivity index is 1.56. The number of hydrogen-bond acceptors (Lipinski definition) is 7. The Morgan fingerprint density at radius 3 is 2.33 bits per heavy atom. The van der Waals surface area contributed by atoms with Crippen molar-refractivity contribution in [3.63, 3.8) is 0 Å². The number of aliphatic hydroxyl groups is 1. The van der Waals surface area contributed by atoms with Gasteiger partial charge in [-0.25, -0.2) is 22.6 Å². The number of nitrogens with one attached hydrogen (secondary N) is 1. The summed E-state index contributed by atoms with van der Waals surface area (Å²) in [5.74, 6) is -1.30. The molecule has 13 heteroatoms. The van der Waals surface area contributed by atoms with Gasteiger partial charge in [0.25, 0.3) is 0 Å². The summed E-state index contributed by atoms with van der Waals surface area (Å²) < 4.78 is 42.1. The molecule has 3 amide bonds.